The van der Waals surface area contributed by atoms with E-state index in [2.05, 4.69) is 27.7 Å². The quantitative estimate of drug-likeness (QED) is 0.554. The van der Waals surface area contributed by atoms with Crippen molar-refractivity contribution in [3.05, 3.63) is 0 Å². The Morgan fingerprint density at radius 1 is 1.05 bits per heavy atom. The summed E-state index contributed by atoms with van der Waals surface area (Å²) in [6.45, 7) is 9.10. The molecule has 2 heteroatoms. The Kier molecular flexibility index (Phi) is 7.23. The SMILES string of the molecule is CCCCCCCCC1(C(=O)O)CCC(C(C)(C)C)CC1. The second-order valence-electron chi connectivity index (χ2n) is 8.24. The Morgan fingerprint density at radius 3 is 2.05 bits per heavy atom. The summed E-state index contributed by atoms with van der Waals surface area (Å²) >= 11 is 0. The highest BCUT2D eigenvalue weighted by Gasteiger charge is 2.43. The van der Waals surface area contributed by atoms with Gasteiger partial charge in [-0.3, -0.25) is 4.79 Å². The summed E-state index contributed by atoms with van der Waals surface area (Å²) in [5, 5.41) is 9.72. The molecule has 0 aromatic carbocycles. The first-order valence-electron chi connectivity index (χ1n) is 9.05. The number of aliphatic carboxylic acids is 1. The number of carboxylic acids is 1. The van der Waals surface area contributed by atoms with Crippen LogP contribution in [0.4, 0.5) is 0 Å². The second-order valence-corrected chi connectivity index (χ2v) is 8.24. The first-order valence-corrected chi connectivity index (χ1v) is 9.05. The molecule has 1 N–H and O–H groups in total. The fourth-order valence-corrected chi connectivity index (χ4v) is 3.85. The molecule has 0 aliphatic heterocycles. The Morgan fingerprint density at radius 2 is 1.57 bits per heavy atom. The predicted octanol–water partition coefficient (Wildman–Crippen LogP) is 6.04. The molecule has 1 rings (SSSR count). The minimum absolute atomic E-state index is 0.324. The molecule has 1 saturated carbocycles. The first-order chi connectivity index (χ1) is 9.82. The fourth-order valence-electron chi connectivity index (χ4n) is 3.85. The molecular formula is C19H36O2. The van der Waals surface area contributed by atoms with Gasteiger partial charge in [0.1, 0.15) is 0 Å². The highest BCUT2D eigenvalue weighted by atomic mass is 16.4. The monoisotopic (exact) mass is 296 g/mol. The van der Waals surface area contributed by atoms with Crippen molar-refractivity contribution in [2.45, 2.75) is 98.3 Å². The Labute approximate surface area is 131 Å². The second kappa shape index (κ2) is 8.19. The Bertz CT molecular complexity index is 306. The van der Waals surface area contributed by atoms with E-state index in [9.17, 15) is 9.90 Å². The van der Waals surface area contributed by atoms with Gasteiger partial charge < -0.3 is 5.11 Å². The van der Waals surface area contributed by atoms with Gasteiger partial charge in [0.2, 0.25) is 0 Å². The largest absolute Gasteiger partial charge is 0.481 e. The zero-order valence-electron chi connectivity index (χ0n) is 14.7. The molecule has 1 fully saturated rings. The Balaban J connectivity index is 2.41. The summed E-state index contributed by atoms with van der Waals surface area (Å²) in [6, 6.07) is 0. The maximum absolute atomic E-state index is 11.8. The van der Waals surface area contributed by atoms with Crippen LogP contribution < -0.4 is 0 Å². The maximum atomic E-state index is 11.8. The molecule has 2 nitrogen and oxygen atoms in total. The van der Waals surface area contributed by atoms with Crippen molar-refractivity contribution in [3.8, 4) is 0 Å². The van der Waals surface area contributed by atoms with E-state index in [-0.39, 0.29) is 0 Å². The molecule has 0 bridgehead atoms. The molecule has 0 saturated heterocycles. The number of hydrogen-bond acceptors (Lipinski definition) is 1. The molecule has 124 valence electrons. The zero-order valence-corrected chi connectivity index (χ0v) is 14.7. The lowest BCUT2D eigenvalue weighted by atomic mass is 9.62. The number of unbranched alkanes of at least 4 members (excludes halogenated alkanes) is 5. The average Bonchev–Trinajstić information content (AvgIpc) is 2.42. The lowest BCUT2D eigenvalue weighted by Crippen LogP contribution is -2.38. The predicted molar refractivity (Wildman–Crippen MR) is 89.5 cm³/mol. The zero-order chi connectivity index (χ0) is 15.9. The van der Waals surface area contributed by atoms with E-state index in [1.54, 1.807) is 0 Å². The molecular weight excluding hydrogens is 260 g/mol. The lowest BCUT2D eigenvalue weighted by molar-refractivity contribution is -0.153. The molecule has 0 aromatic heterocycles. The van der Waals surface area contributed by atoms with Crippen LogP contribution in [0.3, 0.4) is 0 Å². The van der Waals surface area contributed by atoms with E-state index in [1.807, 2.05) is 0 Å². The molecule has 0 spiro atoms. The molecule has 0 amide bonds. The van der Waals surface area contributed by atoms with E-state index >= 15 is 0 Å². The van der Waals surface area contributed by atoms with E-state index in [0.717, 1.165) is 38.5 Å². The van der Waals surface area contributed by atoms with Gasteiger partial charge in [0.25, 0.3) is 0 Å². The minimum atomic E-state index is -0.539. The van der Waals surface area contributed by atoms with Gasteiger partial charge in [0.15, 0.2) is 0 Å². The van der Waals surface area contributed by atoms with E-state index in [4.69, 9.17) is 0 Å². The summed E-state index contributed by atoms with van der Waals surface area (Å²) in [7, 11) is 0. The van der Waals surface area contributed by atoms with Gasteiger partial charge in [0.05, 0.1) is 5.41 Å². The summed E-state index contributed by atoms with van der Waals surface area (Å²) in [5.74, 6) is 0.151. The van der Waals surface area contributed by atoms with Gasteiger partial charge in [-0.25, -0.2) is 0 Å². The summed E-state index contributed by atoms with van der Waals surface area (Å²) in [5.41, 5.74) is -0.0860. The topological polar surface area (TPSA) is 37.3 Å². The number of carboxylic acid groups (broad SMARTS) is 1. The summed E-state index contributed by atoms with van der Waals surface area (Å²) < 4.78 is 0. The van der Waals surface area contributed by atoms with E-state index in [0.29, 0.717) is 11.3 Å². The maximum Gasteiger partial charge on any atom is 0.309 e. The van der Waals surface area contributed by atoms with Crippen LogP contribution in [0.15, 0.2) is 0 Å². The first kappa shape index (κ1) is 18.5. The van der Waals surface area contributed by atoms with Gasteiger partial charge in [-0.15, -0.1) is 0 Å². The van der Waals surface area contributed by atoms with Gasteiger partial charge in [-0.05, 0) is 43.4 Å². The van der Waals surface area contributed by atoms with Crippen LogP contribution >= 0.6 is 0 Å². The molecule has 1 aliphatic rings. The fraction of sp³-hybridized carbons (Fsp3) is 0.947. The third kappa shape index (κ3) is 5.64. The third-order valence-corrected chi connectivity index (χ3v) is 5.63. The standard InChI is InChI=1S/C19H36O2/c1-5-6-7-8-9-10-13-19(17(20)21)14-11-16(12-15-19)18(2,3)4/h16H,5-15H2,1-4H3,(H,20,21). The van der Waals surface area contributed by atoms with Crippen molar-refractivity contribution in [2.75, 3.05) is 0 Å². The lowest BCUT2D eigenvalue weighted by Gasteiger charge is -2.42. The molecule has 0 aromatic rings. The van der Waals surface area contributed by atoms with Crippen molar-refractivity contribution in [2.24, 2.45) is 16.7 Å². The van der Waals surface area contributed by atoms with Crippen molar-refractivity contribution < 1.29 is 9.90 Å². The molecule has 21 heavy (non-hydrogen) atoms. The van der Waals surface area contributed by atoms with Crippen LogP contribution in [-0.4, -0.2) is 11.1 Å². The van der Waals surface area contributed by atoms with Crippen LogP contribution in [0.25, 0.3) is 0 Å². The van der Waals surface area contributed by atoms with Crippen molar-refractivity contribution in [1.82, 2.24) is 0 Å². The van der Waals surface area contributed by atoms with Crippen molar-refractivity contribution >= 4 is 5.97 Å². The third-order valence-electron chi connectivity index (χ3n) is 5.63. The van der Waals surface area contributed by atoms with Crippen LogP contribution in [-0.2, 0) is 4.79 Å². The summed E-state index contributed by atoms with van der Waals surface area (Å²) in [6.07, 6.45) is 12.3. The minimum Gasteiger partial charge on any atom is -0.481 e. The van der Waals surface area contributed by atoms with E-state index in [1.165, 1.54) is 32.1 Å². The highest BCUT2D eigenvalue weighted by Crippen LogP contribution is 2.47. The van der Waals surface area contributed by atoms with Crippen LogP contribution in [0.1, 0.15) is 98.3 Å². The smallest absolute Gasteiger partial charge is 0.309 e. The number of carbonyl (C=O) groups is 1. The molecule has 1 aliphatic carbocycles. The van der Waals surface area contributed by atoms with Crippen molar-refractivity contribution in [1.29, 1.82) is 0 Å². The van der Waals surface area contributed by atoms with Crippen molar-refractivity contribution in [3.63, 3.8) is 0 Å². The molecule has 0 heterocycles. The average molecular weight is 296 g/mol. The number of rotatable bonds is 8. The van der Waals surface area contributed by atoms with Gasteiger partial charge in [-0.1, -0.05) is 66.2 Å². The summed E-state index contributed by atoms with van der Waals surface area (Å²) in [4.78, 5) is 11.8. The van der Waals surface area contributed by atoms with E-state index < -0.39 is 11.4 Å². The van der Waals surface area contributed by atoms with Gasteiger partial charge in [0, 0.05) is 0 Å². The highest BCUT2D eigenvalue weighted by molar-refractivity contribution is 5.74. The molecule has 0 radical (unpaired) electrons. The normalized spacial score (nSPS) is 26.8. The molecule has 0 unspecified atom stereocenters. The number of hydrogen-bond donors (Lipinski definition) is 1. The van der Waals surface area contributed by atoms with Crippen LogP contribution in [0.5, 0.6) is 0 Å². The van der Waals surface area contributed by atoms with Gasteiger partial charge >= 0.3 is 5.97 Å². The van der Waals surface area contributed by atoms with Crippen LogP contribution in [0, 0.1) is 16.7 Å². The van der Waals surface area contributed by atoms with Gasteiger partial charge in [-0.2, -0.15) is 0 Å². The Hall–Kier alpha value is -0.530. The molecule has 0 atom stereocenters. The van der Waals surface area contributed by atoms with Crippen LogP contribution in [0.2, 0.25) is 0 Å².